The molecule has 0 amide bonds. The molecule has 0 saturated heterocycles. The first-order chi connectivity index (χ1) is 11.1. The average Bonchev–Trinajstić information content (AvgIpc) is 2.83. The van der Waals surface area contributed by atoms with Crippen LogP contribution in [0.25, 0.3) is 11.0 Å². The highest BCUT2D eigenvalue weighted by molar-refractivity contribution is 5.75. The molecule has 4 nitrogen and oxygen atoms in total. The van der Waals surface area contributed by atoms with Crippen molar-refractivity contribution >= 4 is 11.0 Å². The number of imidazole rings is 1. The minimum Gasteiger partial charge on any atom is -0.490 e. The Morgan fingerprint density at radius 3 is 2.48 bits per heavy atom. The van der Waals surface area contributed by atoms with Gasteiger partial charge in [0.2, 0.25) is 0 Å². The molecular weight excluding hydrogens is 288 g/mol. The van der Waals surface area contributed by atoms with E-state index in [1.165, 1.54) is 0 Å². The van der Waals surface area contributed by atoms with E-state index in [4.69, 9.17) is 4.74 Å². The highest BCUT2D eigenvalue weighted by Crippen LogP contribution is 2.23. The third-order valence-electron chi connectivity index (χ3n) is 4.07. The van der Waals surface area contributed by atoms with Crippen molar-refractivity contribution in [3.63, 3.8) is 0 Å². The largest absolute Gasteiger partial charge is 0.490 e. The summed E-state index contributed by atoms with van der Waals surface area (Å²) >= 11 is 0. The van der Waals surface area contributed by atoms with Gasteiger partial charge in [0.05, 0.1) is 17.6 Å². The number of ether oxygens (including phenoxy) is 1. The fourth-order valence-corrected chi connectivity index (χ4v) is 2.90. The van der Waals surface area contributed by atoms with Crippen LogP contribution in [-0.4, -0.2) is 27.4 Å². The Kier molecular flexibility index (Phi) is 4.35. The van der Waals surface area contributed by atoms with Gasteiger partial charge in [-0.15, -0.1) is 0 Å². The summed E-state index contributed by atoms with van der Waals surface area (Å²) in [6.07, 6.45) is -0.592. The number of fused-ring (bicyclic) bond motifs is 1. The number of benzene rings is 2. The van der Waals surface area contributed by atoms with Crippen LogP contribution in [0.4, 0.5) is 0 Å². The van der Waals surface area contributed by atoms with Crippen molar-refractivity contribution in [3.05, 3.63) is 59.4 Å². The van der Waals surface area contributed by atoms with Crippen LogP contribution >= 0.6 is 0 Å². The van der Waals surface area contributed by atoms with Crippen LogP contribution in [0.2, 0.25) is 0 Å². The average molecular weight is 310 g/mol. The van der Waals surface area contributed by atoms with E-state index in [1.54, 1.807) is 0 Å². The summed E-state index contributed by atoms with van der Waals surface area (Å²) < 4.78 is 7.88. The number of aryl methyl sites for hydroxylation is 3. The summed E-state index contributed by atoms with van der Waals surface area (Å²) in [5.74, 6) is 1.76. The van der Waals surface area contributed by atoms with Crippen LogP contribution in [0.3, 0.4) is 0 Å². The van der Waals surface area contributed by atoms with E-state index in [2.05, 4.69) is 4.98 Å². The zero-order valence-electron chi connectivity index (χ0n) is 13.8. The number of aromatic nitrogens is 2. The van der Waals surface area contributed by atoms with Gasteiger partial charge >= 0.3 is 0 Å². The lowest BCUT2D eigenvalue weighted by Crippen LogP contribution is -2.24. The van der Waals surface area contributed by atoms with E-state index < -0.39 is 6.10 Å². The van der Waals surface area contributed by atoms with Crippen LogP contribution in [0.1, 0.15) is 17.0 Å². The van der Waals surface area contributed by atoms with Gasteiger partial charge in [0.1, 0.15) is 24.3 Å². The molecule has 0 spiro atoms. The predicted molar refractivity (Wildman–Crippen MR) is 91.9 cm³/mol. The minimum absolute atomic E-state index is 0.262. The molecule has 0 bridgehead atoms. The quantitative estimate of drug-likeness (QED) is 0.785. The van der Waals surface area contributed by atoms with E-state index in [-0.39, 0.29) is 6.61 Å². The first-order valence-corrected chi connectivity index (χ1v) is 7.85. The smallest absolute Gasteiger partial charge is 0.125 e. The fraction of sp³-hybridized carbons (Fsp3) is 0.316. The van der Waals surface area contributed by atoms with Crippen molar-refractivity contribution in [2.75, 3.05) is 6.61 Å². The molecule has 1 atom stereocenters. The summed E-state index contributed by atoms with van der Waals surface area (Å²) in [6, 6.07) is 14.0. The molecule has 0 aliphatic carbocycles. The zero-order valence-corrected chi connectivity index (χ0v) is 13.8. The van der Waals surface area contributed by atoms with Gasteiger partial charge in [-0.05, 0) is 44.0 Å². The standard InChI is InChI=1S/C19H22N2O2/c1-13-7-6-8-14(2)19(13)23-12-16(22)11-21-15(3)20-17-9-4-5-10-18(17)21/h4-10,16,22H,11-12H2,1-3H3/t16-/m0/s1. The second kappa shape index (κ2) is 6.42. The number of para-hydroxylation sites is 3. The summed E-state index contributed by atoms with van der Waals surface area (Å²) in [4.78, 5) is 4.52. The van der Waals surface area contributed by atoms with E-state index in [0.717, 1.165) is 33.7 Å². The van der Waals surface area contributed by atoms with Crippen LogP contribution in [0, 0.1) is 20.8 Å². The van der Waals surface area contributed by atoms with Crippen LogP contribution in [0.15, 0.2) is 42.5 Å². The molecule has 0 aliphatic rings. The van der Waals surface area contributed by atoms with Gasteiger partial charge in [0.25, 0.3) is 0 Å². The second-order valence-corrected chi connectivity index (χ2v) is 5.94. The van der Waals surface area contributed by atoms with Crippen molar-refractivity contribution < 1.29 is 9.84 Å². The molecule has 1 aromatic heterocycles. The number of nitrogens with zero attached hydrogens (tertiary/aromatic N) is 2. The minimum atomic E-state index is -0.592. The van der Waals surface area contributed by atoms with Crippen LogP contribution < -0.4 is 4.74 Å². The molecule has 0 unspecified atom stereocenters. The molecule has 0 aliphatic heterocycles. The Morgan fingerprint density at radius 2 is 1.74 bits per heavy atom. The van der Waals surface area contributed by atoms with Crippen molar-refractivity contribution in [2.45, 2.75) is 33.4 Å². The first kappa shape index (κ1) is 15.6. The molecule has 3 aromatic rings. The number of aliphatic hydroxyl groups excluding tert-OH is 1. The maximum absolute atomic E-state index is 10.4. The number of hydrogen-bond donors (Lipinski definition) is 1. The number of hydrogen-bond acceptors (Lipinski definition) is 3. The van der Waals surface area contributed by atoms with E-state index in [0.29, 0.717) is 6.54 Å². The van der Waals surface area contributed by atoms with Gasteiger partial charge < -0.3 is 14.4 Å². The van der Waals surface area contributed by atoms with Crippen molar-refractivity contribution in [1.29, 1.82) is 0 Å². The molecule has 120 valence electrons. The Balaban J connectivity index is 1.72. The third kappa shape index (κ3) is 3.22. The lowest BCUT2D eigenvalue weighted by molar-refractivity contribution is 0.0923. The van der Waals surface area contributed by atoms with Gasteiger partial charge in [-0.25, -0.2) is 4.98 Å². The third-order valence-corrected chi connectivity index (χ3v) is 4.07. The highest BCUT2D eigenvalue weighted by Gasteiger charge is 2.13. The van der Waals surface area contributed by atoms with Gasteiger partial charge in [-0.1, -0.05) is 30.3 Å². The first-order valence-electron chi connectivity index (χ1n) is 7.85. The predicted octanol–water partition coefficient (Wildman–Crippen LogP) is 3.40. The maximum atomic E-state index is 10.4. The van der Waals surface area contributed by atoms with Crippen molar-refractivity contribution in [3.8, 4) is 5.75 Å². The molecule has 0 saturated carbocycles. The summed E-state index contributed by atoms with van der Waals surface area (Å²) in [5, 5.41) is 10.4. The monoisotopic (exact) mass is 310 g/mol. The topological polar surface area (TPSA) is 47.3 Å². The molecule has 2 aromatic carbocycles. The molecule has 1 heterocycles. The lowest BCUT2D eigenvalue weighted by Gasteiger charge is -2.17. The molecule has 3 rings (SSSR count). The Morgan fingerprint density at radius 1 is 1.04 bits per heavy atom. The van der Waals surface area contributed by atoms with Gasteiger partial charge in [0, 0.05) is 0 Å². The number of rotatable bonds is 5. The zero-order chi connectivity index (χ0) is 16.4. The van der Waals surface area contributed by atoms with E-state index >= 15 is 0 Å². The summed E-state index contributed by atoms with van der Waals surface area (Å²) in [7, 11) is 0. The van der Waals surface area contributed by atoms with Crippen LogP contribution in [-0.2, 0) is 6.54 Å². The molecule has 0 radical (unpaired) electrons. The Labute approximate surface area is 136 Å². The SMILES string of the molecule is Cc1cccc(C)c1OC[C@@H](O)Cn1c(C)nc2ccccc21. The maximum Gasteiger partial charge on any atom is 0.125 e. The normalized spacial score (nSPS) is 12.5. The highest BCUT2D eigenvalue weighted by atomic mass is 16.5. The van der Waals surface area contributed by atoms with Crippen molar-refractivity contribution in [1.82, 2.24) is 9.55 Å². The van der Waals surface area contributed by atoms with Gasteiger partial charge in [0.15, 0.2) is 0 Å². The summed E-state index contributed by atoms with van der Waals surface area (Å²) in [6.45, 7) is 6.72. The number of aliphatic hydroxyl groups is 1. The fourth-order valence-electron chi connectivity index (χ4n) is 2.90. The van der Waals surface area contributed by atoms with E-state index in [9.17, 15) is 5.11 Å². The second-order valence-electron chi connectivity index (χ2n) is 5.94. The van der Waals surface area contributed by atoms with Gasteiger partial charge in [-0.2, -0.15) is 0 Å². The molecule has 23 heavy (non-hydrogen) atoms. The summed E-state index contributed by atoms with van der Waals surface area (Å²) in [5.41, 5.74) is 4.16. The molecule has 0 fully saturated rings. The lowest BCUT2D eigenvalue weighted by atomic mass is 10.1. The Bertz CT molecular complexity index is 803. The van der Waals surface area contributed by atoms with Gasteiger partial charge in [-0.3, -0.25) is 0 Å². The Hall–Kier alpha value is -2.33. The molecule has 4 heteroatoms. The van der Waals surface area contributed by atoms with E-state index in [1.807, 2.05) is 67.8 Å². The molecular formula is C19H22N2O2. The van der Waals surface area contributed by atoms with Crippen molar-refractivity contribution in [2.24, 2.45) is 0 Å². The molecule has 1 N–H and O–H groups in total. The van der Waals surface area contributed by atoms with Crippen LogP contribution in [0.5, 0.6) is 5.75 Å².